The van der Waals surface area contributed by atoms with Gasteiger partial charge in [-0.3, -0.25) is 0 Å². The molecule has 0 bridgehead atoms. The van der Waals surface area contributed by atoms with Gasteiger partial charge in [-0.25, -0.2) is 8.78 Å². The van der Waals surface area contributed by atoms with Gasteiger partial charge in [-0.2, -0.15) is 0 Å². The minimum absolute atomic E-state index is 0.294. The SMILES string of the molecule is CC(C)C1CCCCC1NC(C)C(F)F. The van der Waals surface area contributed by atoms with Crippen molar-refractivity contribution in [3.05, 3.63) is 0 Å². The lowest BCUT2D eigenvalue weighted by molar-refractivity contribution is 0.0828. The van der Waals surface area contributed by atoms with E-state index in [1.807, 2.05) is 0 Å². The molecule has 90 valence electrons. The predicted octanol–water partition coefficient (Wildman–Crippen LogP) is 3.44. The second-order valence-electron chi connectivity index (χ2n) is 5.09. The molecule has 1 N–H and O–H groups in total. The molecule has 1 nitrogen and oxygen atoms in total. The van der Waals surface area contributed by atoms with E-state index in [9.17, 15) is 8.78 Å². The van der Waals surface area contributed by atoms with Gasteiger partial charge < -0.3 is 5.32 Å². The first-order valence-electron chi connectivity index (χ1n) is 6.06. The zero-order chi connectivity index (χ0) is 11.4. The van der Waals surface area contributed by atoms with Crippen molar-refractivity contribution in [1.29, 1.82) is 0 Å². The maximum atomic E-state index is 12.4. The third kappa shape index (κ3) is 3.71. The molecule has 0 radical (unpaired) electrons. The standard InChI is InChI=1S/C12H23F2N/c1-8(2)10-6-4-5-7-11(10)15-9(3)12(13)14/h8-12,15H,4-7H2,1-3H3. The lowest BCUT2D eigenvalue weighted by Crippen LogP contribution is -2.47. The van der Waals surface area contributed by atoms with Crippen LogP contribution in [-0.2, 0) is 0 Å². The van der Waals surface area contributed by atoms with Crippen LogP contribution >= 0.6 is 0 Å². The van der Waals surface area contributed by atoms with Gasteiger partial charge in [0.15, 0.2) is 0 Å². The Kier molecular flexibility index (Phi) is 4.97. The quantitative estimate of drug-likeness (QED) is 0.763. The third-order valence-corrected chi connectivity index (χ3v) is 3.53. The minimum atomic E-state index is -2.25. The van der Waals surface area contributed by atoms with Gasteiger partial charge in [0.05, 0.1) is 6.04 Å². The Morgan fingerprint density at radius 1 is 1.07 bits per heavy atom. The normalized spacial score (nSPS) is 29.8. The lowest BCUT2D eigenvalue weighted by atomic mass is 9.77. The van der Waals surface area contributed by atoms with Gasteiger partial charge in [-0.1, -0.05) is 26.7 Å². The molecule has 3 atom stereocenters. The molecule has 0 aromatic carbocycles. The fourth-order valence-electron chi connectivity index (χ4n) is 2.57. The van der Waals surface area contributed by atoms with E-state index in [2.05, 4.69) is 19.2 Å². The van der Waals surface area contributed by atoms with E-state index in [1.54, 1.807) is 6.92 Å². The zero-order valence-corrected chi connectivity index (χ0v) is 9.97. The highest BCUT2D eigenvalue weighted by atomic mass is 19.3. The van der Waals surface area contributed by atoms with E-state index in [-0.39, 0.29) is 0 Å². The molecule has 0 spiro atoms. The fraction of sp³-hybridized carbons (Fsp3) is 1.00. The predicted molar refractivity (Wildman–Crippen MR) is 59.2 cm³/mol. The van der Waals surface area contributed by atoms with Crippen LogP contribution in [0, 0.1) is 11.8 Å². The molecule has 0 aromatic heterocycles. The Morgan fingerprint density at radius 3 is 2.20 bits per heavy atom. The Morgan fingerprint density at radius 2 is 1.67 bits per heavy atom. The second-order valence-corrected chi connectivity index (χ2v) is 5.09. The second kappa shape index (κ2) is 5.78. The molecule has 0 aliphatic heterocycles. The van der Waals surface area contributed by atoms with Gasteiger partial charge in [0, 0.05) is 6.04 Å². The van der Waals surface area contributed by atoms with Crippen LogP contribution in [0.25, 0.3) is 0 Å². The van der Waals surface area contributed by atoms with Crippen LogP contribution in [0.3, 0.4) is 0 Å². The van der Waals surface area contributed by atoms with Crippen LogP contribution in [0.5, 0.6) is 0 Å². The third-order valence-electron chi connectivity index (χ3n) is 3.53. The van der Waals surface area contributed by atoms with E-state index in [1.165, 1.54) is 19.3 Å². The summed E-state index contributed by atoms with van der Waals surface area (Å²) in [6, 6.07) is -0.378. The summed E-state index contributed by atoms with van der Waals surface area (Å²) in [5.41, 5.74) is 0. The molecule has 0 aromatic rings. The minimum Gasteiger partial charge on any atom is -0.306 e. The number of hydrogen-bond donors (Lipinski definition) is 1. The summed E-state index contributed by atoms with van der Waals surface area (Å²) in [4.78, 5) is 0. The number of nitrogens with one attached hydrogen (secondary N) is 1. The summed E-state index contributed by atoms with van der Waals surface area (Å²) < 4.78 is 24.9. The van der Waals surface area contributed by atoms with E-state index >= 15 is 0 Å². The molecule has 1 rings (SSSR count). The Bertz CT molecular complexity index is 182. The summed E-state index contributed by atoms with van der Waals surface area (Å²) in [7, 11) is 0. The average Bonchev–Trinajstić information content (AvgIpc) is 2.18. The Labute approximate surface area is 91.6 Å². The van der Waals surface area contributed by atoms with Crippen LogP contribution in [0.1, 0.15) is 46.5 Å². The summed E-state index contributed by atoms with van der Waals surface area (Å²) in [5.74, 6) is 1.16. The molecule has 3 heteroatoms. The highest BCUT2D eigenvalue weighted by Crippen LogP contribution is 2.30. The van der Waals surface area contributed by atoms with Crippen molar-refractivity contribution in [3.8, 4) is 0 Å². The van der Waals surface area contributed by atoms with Crippen molar-refractivity contribution < 1.29 is 8.78 Å². The topological polar surface area (TPSA) is 12.0 Å². The van der Waals surface area contributed by atoms with E-state index in [0.29, 0.717) is 17.9 Å². The monoisotopic (exact) mass is 219 g/mol. The number of halogens is 2. The molecular weight excluding hydrogens is 196 g/mol. The molecule has 1 aliphatic rings. The van der Waals surface area contributed by atoms with Crippen molar-refractivity contribution >= 4 is 0 Å². The number of alkyl halides is 2. The summed E-state index contributed by atoms with van der Waals surface area (Å²) >= 11 is 0. The average molecular weight is 219 g/mol. The molecule has 3 unspecified atom stereocenters. The van der Waals surface area contributed by atoms with E-state index < -0.39 is 12.5 Å². The lowest BCUT2D eigenvalue weighted by Gasteiger charge is -2.36. The summed E-state index contributed by atoms with van der Waals surface area (Å²) in [6.07, 6.45) is 2.42. The maximum Gasteiger partial charge on any atom is 0.253 e. The number of hydrogen-bond acceptors (Lipinski definition) is 1. The van der Waals surface area contributed by atoms with Crippen LogP contribution in [0.4, 0.5) is 8.78 Å². The van der Waals surface area contributed by atoms with E-state index in [4.69, 9.17) is 0 Å². The van der Waals surface area contributed by atoms with Crippen molar-refractivity contribution in [2.45, 2.75) is 65.0 Å². The van der Waals surface area contributed by atoms with E-state index in [0.717, 1.165) is 6.42 Å². The highest BCUT2D eigenvalue weighted by molar-refractivity contribution is 4.85. The van der Waals surface area contributed by atoms with Crippen molar-refractivity contribution in [2.75, 3.05) is 0 Å². The first-order chi connectivity index (χ1) is 7.02. The summed E-state index contributed by atoms with van der Waals surface area (Å²) in [5, 5.41) is 3.10. The van der Waals surface area contributed by atoms with Gasteiger partial charge in [0.25, 0.3) is 6.43 Å². The van der Waals surface area contributed by atoms with Gasteiger partial charge in [0.2, 0.25) is 0 Å². The van der Waals surface area contributed by atoms with Crippen molar-refractivity contribution in [1.82, 2.24) is 5.32 Å². The van der Waals surface area contributed by atoms with Crippen LogP contribution in [0.2, 0.25) is 0 Å². The molecule has 0 amide bonds. The molecular formula is C12H23F2N. The molecule has 0 heterocycles. The first kappa shape index (κ1) is 12.9. The molecule has 0 saturated heterocycles. The molecule has 15 heavy (non-hydrogen) atoms. The van der Waals surface area contributed by atoms with Crippen LogP contribution < -0.4 is 5.32 Å². The fourth-order valence-corrected chi connectivity index (χ4v) is 2.57. The molecule has 1 aliphatic carbocycles. The maximum absolute atomic E-state index is 12.4. The molecule has 1 saturated carbocycles. The van der Waals surface area contributed by atoms with Crippen LogP contribution in [-0.4, -0.2) is 18.5 Å². The smallest absolute Gasteiger partial charge is 0.253 e. The first-order valence-corrected chi connectivity index (χ1v) is 6.06. The molecule has 1 fully saturated rings. The zero-order valence-electron chi connectivity index (χ0n) is 9.97. The Hall–Kier alpha value is -0.180. The van der Waals surface area contributed by atoms with Gasteiger partial charge in [-0.05, 0) is 31.6 Å². The van der Waals surface area contributed by atoms with Gasteiger partial charge in [0.1, 0.15) is 0 Å². The van der Waals surface area contributed by atoms with Crippen LogP contribution in [0.15, 0.2) is 0 Å². The largest absolute Gasteiger partial charge is 0.306 e. The van der Waals surface area contributed by atoms with Crippen molar-refractivity contribution in [2.24, 2.45) is 11.8 Å². The van der Waals surface area contributed by atoms with Crippen molar-refractivity contribution in [3.63, 3.8) is 0 Å². The summed E-state index contributed by atoms with van der Waals surface area (Å²) in [6.45, 7) is 5.96. The highest BCUT2D eigenvalue weighted by Gasteiger charge is 2.29. The Balaban J connectivity index is 2.49. The number of rotatable bonds is 4. The van der Waals surface area contributed by atoms with Gasteiger partial charge in [-0.15, -0.1) is 0 Å². The van der Waals surface area contributed by atoms with Gasteiger partial charge >= 0.3 is 0 Å².